The summed E-state index contributed by atoms with van der Waals surface area (Å²) in [7, 11) is 18.2. The van der Waals surface area contributed by atoms with Crippen LogP contribution in [0.2, 0.25) is 0 Å². The number of carbonyl (C=O) groups excluding carboxylic acids is 3. The Balaban J connectivity index is 1.28. The number of nitrogens with two attached hydrogens (primary N) is 2. The molecule has 5 heterocycles. The third-order valence-corrected chi connectivity index (χ3v) is 9.08. The second-order valence-electron chi connectivity index (χ2n) is 12.3. The summed E-state index contributed by atoms with van der Waals surface area (Å²) in [6.07, 6.45) is 6.88. The molecule has 252 valence electrons. The first kappa shape index (κ1) is 34.0. The molecule has 2 aliphatic rings. The fourth-order valence-electron chi connectivity index (χ4n) is 6.24. The first-order valence-electron chi connectivity index (χ1n) is 15.8. The Hall–Kier alpha value is -5.83. The Morgan fingerprint density at radius 3 is 2.46 bits per heavy atom. The van der Waals surface area contributed by atoms with Gasteiger partial charge in [-0.05, 0) is 30.5 Å². The van der Waals surface area contributed by atoms with E-state index in [9.17, 15) is 14.4 Å². The maximum atomic E-state index is 12.7. The summed E-state index contributed by atoms with van der Waals surface area (Å²) >= 11 is 0. The van der Waals surface area contributed by atoms with E-state index in [1.54, 1.807) is 31.4 Å². The van der Waals surface area contributed by atoms with Gasteiger partial charge in [0.2, 0.25) is 0 Å². The highest BCUT2D eigenvalue weighted by Crippen LogP contribution is 2.49. The Bertz CT molecular complexity index is 2050. The maximum absolute atomic E-state index is 12.7. The molecule has 4 radical (unpaired) electrons. The fourth-order valence-corrected chi connectivity index (χ4v) is 6.24. The van der Waals surface area contributed by atoms with E-state index < -0.39 is 17.2 Å². The number of pyridine rings is 1. The van der Waals surface area contributed by atoms with Gasteiger partial charge < -0.3 is 37.2 Å². The molecule has 1 saturated heterocycles. The minimum atomic E-state index is -1.36. The van der Waals surface area contributed by atoms with Crippen LogP contribution < -0.4 is 32.3 Å². The van der Waals surface area contributed by atoms with Crippen molar-refractivity contribution in [2.24, 2.45) is 18.5 Å². The molecule has 1 aromatic carbocycles. The molecule has 0 saturated carbocycles. The molecule has 50 heavy (non-hydrogen) atoms. The monoisotopic (exact) mass is 670 g/mol. The Kier molecular flexibility index (Phi) is 9.01. The van der Waals surface area contributed by atoms with Gasteiger partial charge in [-0.2, -0.15) is 10.2 Å². The minimum absolute atomic E-state index is 0.00457. The summed E-state index contributed by atoms with van der Waals surface area (Å²) < 4.78 is 3.52. The SMILES string of the molecule is [B]C([B])(c1cccc(C=O)n1)N1CC(n2ncc3c2C(C)N(C)c2c(NC(/C=C(\N)NC(=O)c4cnn(C)c4)=C(/N)C(=O)NC)cccc2-3)C1. The number of hydrogen-bond donors (Lipinski definition) is 5. The highest BCUT2D eigenvalue weighted by molar-refractivity contribution is 6.39. The Labute approximate surface area is 291 Å². The van der Waals surface area contributed by atoms with E-state index in [-0.39, 0.29) is 35.0 Å². The standard InChI is InChI=1S/C33H36B2N12O3/c1-18-29-23(13-40-47(29)21-15-46(16-21)33(34,35)26-10-5-7-20(17-48)41-26)22-8-6-9-24(30(22)45(18)4)42-25(28(37)32(50)38-2)11-27(36)43-31(49)19-12-39-44(3)14-19/h5-14,17-18,21,42H,15-16,36-37H2,1-4H3,(H,38,50)(H,43,49)/b27-11+,28-25+. The second kappa shape index (κ2) is 13.2. The van der Waals surface area contributed by atoms with Crippen LogP contribution in [0, 0.1) is 0 Å². The number of likely N-dealkylation sites (N-methyl/N-ethyl adjacent to an activating group) is 1. The molecule has 1 fully saturated rings. The molecule has 2 aliphatic heterocycles. The molecule has 0 spiro atoms. The predicted molar refractivity (Wildman–Crippen MR) is 190 cm³/mol. The summed E-state index contributed by atoms with van der Waals surface area (Å²) in [5.74, 6) is -1.04. The van der Waals surface area contributed by atoms with Gasteiger partial charge in [0.1, 0.15) is 17.2 Å². The van der Waals surface area contributed by atoms with Gasteiger partial charge in [0.05, 0.1) is 68.5 Å². The highest BCUT2D eigenvalue weighted by atomic mass is 16.2. The van der Waals surface area contributed by atoms with Crippen molar-refractivity contribution < 1.29 is 14.4 Å². The van der Waals surface area contributed by atoms with Crippen LogP contribution >= 0.6 is 0 Å². The Morgan fingerprint density at radius 1 is 1.04 bits per heavy atom. The number of anilines is 2. The van der Waals surface area contributed by atoms with Crippen LogP contribution in [-0.2, 0) is 17.2 Å². The van der Waals surface area contributed by atoms with Crippen molar-refractivity contribution in [3.63, 3.8) is 0 Å². The molecule has 17 heteroatoms. The molecule has 2 amide bonds. The van der Waals surface area contributed by atoms with Crippen molar-refractivity contribution in [3.05, 3.63) is 101 Å². The smallest absolute Gasteiger partial charge is 0.269 e. The van der Waals surface area contributed by atoms with Gasteiger partial charge in [0.15, 0.2) is 6.29 Å². The first-order valence-corrected chi connectivity index (χ1v) is 15.8. The molecular weight excluding hydrogens is 634 g/mol. The third-order valence-electron chi connectivity index (χ3n) is 9.08. The molecule has 1 atom stereocenters. The average Bonchev–Trinajstić information content (AvgIpc) is 3.72. The number of allylic oxidation sites excluding steroid dienone is 1. The number of nitrogens with zero attached hydrogens (tertiary/aromatic N) is 7. The second-order valence-corrected chi connectivity index (χ2v) is 12.3. The van der Waals surface area contributed by atoms with Crippen molar-refractivity contribution in [1.29, 1.82) is 0 Å². The molecule has 0 bridgehead atoms. The molecule has 7 N–H and O–H groups in total. The number of aromatic nitrogens is 5. The van der Waals surface area contributed by atoms with E-state index in [4.69, 9.17) is 32.3 Å². The molecule has 0 aliphatic carbocycles. The molecule has 6 rings (SSSR count). The first-order chi connectivity index (χ1) is 23.8. The zero-order chi connectivity index (χ0) is 35.9. The van der Waals surface area contributed by atoms with Gasteiger partial charge in [-0.15, -0.1) is 0 Å². The number of likely N-dealkylation sites (tertiary alicyclic amines) is 1. The third kappa shape index (κ3) is 6.11. The van der Waals surface area contributed by atoms with Gasteiger partial charge >= 0.3 is 0 Å². The molecule has 3 aromatic heterocycles. The van der Waals surface area contributed by atoms with Crippen LogP contribution in [0.15, 0.2) is 78.3 Å². The van der Waals surface area contributed by atoms with Crippen molar-refractivity contribution >= 4 is 45.2 Å². The summed E-state index contributed by atoms with van der Waals surface area (Å²) in [6, 6.07) is 10.7. The summed E-state index contributed by atoms with van der Waals surface area (Å²) in [5.41, 5.74) is 17.9. The van der Waals surface area contributed by atoms with Gasteiger partial charge in [0.25, 0.3) is 11.8 Å². The van der Waals surface area contributed by atoms with Crippen LogP contribution in [0.25, 0.3) is 11.1 Å². The number of rotatable bonds is 10. The van der Waals surface area contributed by atoms with Gasteiger partial charge in [-0.25, -0.2) is 4.98 Å². The lowest BCUT2D eigenvalue weighted by Gasteiger charge is -2.50. The molecule has 1 unspecified atom stereocenters. The van der Waals surface area contributed by atoms with E-state index in [0.29, 0.717) is 36.3 Å². The number of para-hydroxylation sites is 1. The van der Waals surface area contributed by atoms with E-state index in [0.717, 1.165) is 22.5 Å². The molecule has 15 nitrogen and oxygen atoms in total. The number of nitrogens with one attached hydrogen (secondary N) is 3. The largest absolute Gasteiger partial charge is 0.393 e. The van der Waals surface area contributed by atoms with Crippen molar-refractivity contribution in [1.82, 2.24) is 40.1 Å². The molecular formula is C33H36B2N12O3. The van der Waals surface area contributed by atoms with E-state index in [2.05, 4.69) is 37.9 Å². The number of aryl methyl sites for hydroxylation is 1. The lowest BCUT2D eigenvalue weighted by molar-refractivity contribution is -0.117. The summed E-state index contributed by atoms with van der Waals surface area (Å²) in [5, 5.41) is 15.9. The van der Waals surface area contributed by atoms with Crippen molar-refractivity contribution in [2.75, 3.05) is 37.4 Å². The summed E-state index contributed by atoms with van der Waals surface area (Å²) in [6.45, 7) is 3.13. The van der Waals surface area contributed by atoms with Crippen molar-refractivity contribution in [2.45, 2.75) is 24.3 Å². The average molecular weight is 670 g/mol. The number of amides is 2. The zero-order valence-electron chi connectivity index (χ0n) is 28.1. The van der Waals surface area contributed by atoms with Gasteiger partial charge in [-0.1, -0.05) is 18.2 Å². The minimum Gasteiger partial charge on any atom is -0.393 e. The maximum Gasteiger partial charge on any atom is 0.269 e. The fraction of sp³-hybridized carbons (Fsp3) is 0.273. The highest BCUT2D eigenvalue weighted by Gasteiger charge is 2.42. The van der Waals surface area contributed by atoms with E-state index >= 15 is 0 Å². The van der Waals surface area contributed by atoms with Gasteiger partial charge in [0, 0.05) is 63.3 Å². The number of aldehydes is 1. The van der Waals surface area contributed by atoms with Crippen LogP contribution in [0.5, 0.6) is 0 Å². The van der Waals surface area contributed by atoms with Crippen LogP contribution in [0.3, 0.4) is 0 Å². The zero-order valence-corrected chi connectivity index (χ0v) is 28.1. The predicted octanol–water partition coefficient (Wildman–Crippen LogP) is 0.564. The number of hydrogen-bond acceptors (Lipinski definition) is 11. The Morgan fingerprint density at radius 2 is 1.78 bits per heavy atom. The number of fused-ring (bicyclic) bond motifs is 3. The topological polar surface area (TPSA) is 194 Å². The quantitative estimate of drug-likeness (QED) is 0.0685. The van der Waals surface area contributed by atoms with Crippen LogP contribution in [-0.4, -0.2) is 90.4 Å². The van der Waals surface area contributed by atoms with E-state index in [1.165, 1.54) is 24.0 Å². The van der Waals surface area contributed by atoms with Crippen molar-refractivity contribution in [3.8, 4) is 11.1 Å². The van der Waals surface area contributed by atoms with E-state index in [1.807, 2.05) is 41.0 Å². The van der Waals surface area contributed by atoms with Crippen LogP contribution in [0.1, 0.15) is 51.2 Å². The lowest BCUT2D eigenvalue weighted by atomic mass is 9.57. The normalized spacial score (nSPS) is 16.8. The van der Waals surface area contributed by atoms with Gasteiger partial charge in [-0.3, -0.25) is 23.7 Å². The van der Waals surface area contributed by atoms with Crippen LogP contribution in [0.4, 0.5) is 11.4 Å². The lowest BCUT2D eigenvalue weighted by Crippen LogP contribution is -2.60. The number of carbonyl (C=O) groups is 3. The number of benzene rings is 1. The molecule has 4 aromatic rings. The summed E-state index contributed by atoms with van der Waals surface area (Å²) in [4.78, 5) is 45.0.